The van der Waals surface area contributed by atoms with Gasteiger partial charge in [0.25, 0.3) is 0 Å². The van der Waals surface area contributed by atoms with Gasteiger partial charge in [-0.2, -0.15) is 6.07 Å². The summed E-state index contributed by atoms with van der Waals surface area (Å²) < 4.78 is 8.88. The smallest absolute Gasteiger partial charge is 0.503 e. The van der Waals surface area contributed by atoms with Crippen molar-refractivity contribution < 1.29 is 25.8 Å². The average Bonchev–Trinajstić information content (AvgIpc) is 3.44. The van der Waals surface area contributed by atoms with Crippen molar-refractivity contribution in [2.45, 2.75) is 138 Å². The van der Waals surface area contributed by atoms with Gasteiger partial charge < -0.3 is 14.3 Å². The summed E-state index contributed by atoms with van der Waals surface area (Å²) in [7, 11) is 0. The van der Waals surface area contributed by atoms with E-state index in [2.05, 4.69) is 162 Å². The summed E-state index contributed by atoms with van der Waals surface area (Å²) in [5.41, 5.74) is 10.8. The number of pyridine rings is 2. The van der Waals surface area contributed by atoms with Crippen molar-refractivity contribution in [2.75, 3.05) is 0 Å². The Bertz CT molecular complexity index is 2420. The monoisotopic (exact) mass is 940 g/mol. The van der Waals surface area contributed by atoms with Crippen molar-refractivity contribution in [3.05, 3.63) is 113 Å². The minimum absolute atomic E-state index is 0. The van der Waals surface area contributed by atoms with Crippen molar-refractivity contribution in [1.82, 2.24) is 14.5 Å². The predicted molar refractivity (Wildman–Crippen MR) is 236 cm³/mol. The third-order valence-electron chi connectivity index (χ3n) is 13.0. The molecule has 0 aliphatic heterocycles. The van der Waals surface area contributed by atoms with E-state index in [0.717, 1.165) is 33.5 Å². The molecule has 5 heteroatoms. The number of rotatable bonds is 6. The fourth-order valence-corrected chi connectivity index (χ4v) is 9.07. The van der Waals surface area contributed by atoms with E-state index in [1.165, 1.54) is 52.5 Å². The maximum absolute atomic E-state index is 6.62. The van der Waals surface area contributed by atoms with Crippen LogP contribution in [0.15, 0.2) is 73.1 Å². The molecule has 0 bridgehead atoms. The number of benzene rings is 3. The number of nitrogens with zero attached hydrogens (tertiary/aromatic N) is 3. The molecule has 1 aliphatic rings. The summed E-state index contributed by atoms with van der Waals surface area (Å²) in [6.07, 6.45) is 7.87. The van der Waals surface area contributed by atoms with E-state index >= 15 is 0 Å². The molecule has 0 N–H and O–H groups in total. The van der Waals surface area contributed by atoms with E-state index in [9.17, 15) is 0 Å². The van der Waals surface area contributed by atoms with Gasteiger partial charge in [-0.1, -0.05) is 120 Å². The van der Waals surface area contributed by atoms with Gasteiger partial charge in [0, 0.05) is 29.4 Å². The minimum atomic E-state index is -0.0613. The molecule has 4 nitrogen and oxygen atoms in total. The number of hydrogen-bond acceptors (Lipinski definition) is 3. The third kappa shape index (κ3) is 8.41. The summed E-state index contributed by atoms with van der Waals surface area (Å²) in [5.74, 6) is 4.01. The van der Waals surface area contributed by atoms with Crippen LogP contribution in [0.2, 0.25) is 0 Å². The normalized spacial score (nSPS) is 19.3. The molecule has 302 valence electrons. The van der Waals surface area contributed by atoms with Gasteiger partial charge in [-0.05, 0) is 117 Å². The topological polar surface area (TPSA) is 39.9 Å². The minimum Gasteiger partial charge on any atom is -0.503 e. The van der Waals surface area contributed by atoms with Gasteiger partial charge in [0.2, 0.25) is 0 Å². The first kappa shape index (κ1) is 42.8. The van der Waals surface area contributed by atoms with Crippen LogP contribution in [0.5, 0.6) is 11.5 Å². The van der Waals surface area contributed by atoms with E-state index in [-0.39, 0.29) is 37.3 Å². The molecule has 3 atom stereocenters. The molecule has 1 saturated carbocycles. The molecule has 6 aromatic rings. The van der Waals surface area contributed by atoms with Crippen LogP contribution >= 0.6 is 0 Å². The number of fused-ring (bicyclic) bond motifs is 3. The number of aryl methyl sites for hydroxylation is 1. The fraction of sp³-hybridized carbons (Fsp3) is 0.462. The molecule has 3 unspecified atom stereocenters. The molecular weight excluding hydrogens is 878 g/mol. The molecule has 57 heavy (non-hydrogen) atoms. The summed E-state index contributed by atoms with van der Waals surface area (Å²) in [5, 5.41) is 2.31. The molecule has 0 saturated heterocycles. The van der Waals surface area contributed by atoms with E-state index in [1.54, 1.807) is 0 Å². The molecule has 3 aromatic carbocycles. The first-order valence-electron chi connectivity index (χ1n) is 20.8. The van der Waals surface area contributed by atoms with Crippen LogP contribution in [-0.4, -0.2) is 14.5 Å². The van der Waals surface area contributed by atoms with E-state index in [4.69, 9.17) is 14.7 Å². The number of aromatic nitrogens is 3. The van der Waals surface area contributed by atoms with Crippen LogP contribution in [0.3, 0.4) is 0 Å². The second kappa shape index (κ2) is 15.4. The third-order valence-corrected chi connectivity index (χ3v) is 13.0. The van der Waals surface area contributed by atoms with Crippen molar-refractivity contribution in [3.63, 3.8) is 0 Å². The van der Waals surface area contributed by atoms with Crippen LogP contribution < -0.4 is 4.74 Å². The summed E-state index contributed by atoms with van der Waals surface area (Å²) in [6, 6.07) is 29.0. The zero-order valence-corrected chi connectivity index (χ0v) is 39.1. The first-order chi connectivity index (χ1) is 26.1. The Morgan fingerprint density at radius 2 is 1.49 bits per heavy atom. The average molecular weight is 941 g/mol. The molecule has 0 spiro atoms. The van der Waals surface area contributed by atoms with E-state index < -0.39 is 0 Å². The molecule has 1 aliphatic carbocycles. The van der Waals surface area contributed by atoms with Crippen molar-refractivity contribution >= 4 is 21.8 Å². The Balaban J connectivity index is 0.00000549. The van der Waals surface area contributed by atoms with Crippen molar-refractivity contribution in [3.8, 4) is 28.6 Å². The van der Waals surface area contributed by atoms with Crippen molar-refractivity contribution in [2.24, 2.45) is 17.3 Å². The largest absolute Gasteiger partial charge is 2.00 e. The summed E-state index contributed by atoms with van der Waals surface area (Å²) in [6.45, 7) is 32.4. The molecule has 0 amide bonds. The standard InChI is InChI=1S/C52H63N3O.Pt/c1-32(2)52(14)23-22-39(33(3)29-52)41-27-45(53-30-34(41)4)35-16-15-17-37(24-35)56-38-19-20-40-42-25-36(49(5,6)7)18-21-46(42)55(47(40)26-38)48-28-43(50(8,9)10)44(31-54-48)51(11,12)13;/h15-21,25,27-28,30-33,39H,22-23,29H2,1-14H3;/q-2;+2. The Labute approximate surface area is 357 Å². The van der Waals surface area contributed by atoms with Gasteiger partial charge in [0.1, 0.15) is 5.82 Å². The SMILES string of the molecule is Cc1cnc(-c2[c-]c(Oc3[c-]c4c(cc3)c3cc(C(C)(C)C)ccc3n4-c3cc(C(C)(C)C)c(C(C)(C)C)cn3)ccc2)cc1C1CCC(C)(C(C)C)CC1C.[Pt+2]. The zero-order valence-electron chi connectivity index (χ0n) is 36.8. The van der Waals surface area contributed by atoms with Gasteiger partial charge in [-0.15, -0.1) is 41.3 Å². The van der Waals surface area contributed by atoms with Gasteiger partial charge in [-0.3, -0.25) is 0 Å². The van der Waals surface area contributed by atoms with Crippen LogP contribution in [0.1, 0.15) is 143 Å². The van der Waals surface area contributed by atoms with Gasteiger partial charge in [0.05, 0.1) is 0 Å². The molecule has 3 heterocycles. The molecule has 1 fully saturated rings. The van der Waals surface area contributed by atoms with Crippen LogP contribution in [0.25, 0.3) is 38.9 Å². The van der Waals surface area contributed by atoms with Crippen LogP contribution in [0, 0.1) is 36.3 Å². The molecule has 7 rings (SSSR count). The number of hydrogen-bond donors (Lipinski definition) is 0. The Morgan fingerprint density at radius 3 is 2.14 bits per heavy atom. The van der Waals surface area contributed by atoms with E-state index in [0.29, 0.717) is 34.7 Å². The summed E-state index contributed by atoms with van der Waals surface area (Å²) >= 11 is 0. The quantitative estimate of drug-likeness (QED) is 0.156. The number of ether oxygens (including phenoxy) is 1. The predicted octanol–water partition coefficient (Wildman–Crippen LogP) is 14.4. The second-order valence-electron chi connectivity index (χ2n) is 20.6. The molecule has 0 radical (unpaired) electrons. The van der Waals surface area contributed by atoms with Crippen molar-refractivity contribution in [1.29, 1.82) is 0 Å². The van der Waals surface area contributed by atoms with E-state index in [1.807, 2.05) is 24.4 Å². The maximum Gasteiger partial charge on any atom is 2.00 e. The maximum atomic E-state index is 6.62. The van der Waals surface area contributed by atoms with Gasteiger partial charge >= 0.3 is 21.1 Å². The second-order valence-corrected chi connectivity index (χ2v) is 20.6. The molecule has 3 aromatic heterocycles. The Kier molecular flexibility index (Phi) is 11.6. The zero-order chi connectivity index (χ0) is 40.5. The van der Waals surface area contributed by atoms with Gasteiger partial charge in [0.15, 0.2) is 0 Å². The fourth-order valence-electron chi connectivity index (χ4n) is 9.07. The van der Waals surface area contributed by atoms with Gasteiger partial charge in [-0.25, -0.2) is 4.98 Å². The molecular formula is C52H63N3OPt. The Morgan fingerprint density at radius 1 is 0.789 bits per heavy atom. The first-order valence-corrected chi connectivity index (χ1v) is 20.8. The summed E-state index contributed by atoms with van der Waals surface area (Å²) in [4.78, 5) is 10.1. The van der Waals surface area contributed by atoms with Crippen LogP contribution in [-0.2, 0) is 37.3 Å². The Hall–Kier alpha value is -3.75. The van der Waals surface area contributed by atoms with Crippen LogP contribution in [0.4, 0.5) is 0 Å².